The Bertz CT molecular complexity index is 3540. The van der Waals surface area contributed by atoms with E-state index in [4.69, 9.17) is 28.2 Å². The Balaban J connectivity index is 1.10. The van der Waals surface area contributed by atoms with E-state index in [9.17, 15) is 0 Å². The molecule has 0 amide bonds. The fourth-order valence-corrected chi connectivity index (χ4v) is 8.18. The second-order valence-corrected chi connectivity index (χ2v) is 14.2. The van der Waals surface area contributed by atoms with Crippen LogP contribution in [0.15, 0.2) is 183 Å². The molecule has 0 aliphatic rings. The summed E-state index contributed by atoms with van der Waals surface area (Å²) < 4.78 is 19.6. The van der Waals surface area contributed by atoms with Crippen molar-refractivity contribution in [2.45, 2.75) is 0 Å². The van der Waals surface area contributed by atoms with Crippen LogP contribution >= 0.6 is 0 Å². The van der Waals surface area contributed by atoms with Crippen molar-refractivity contribution in [1.82, 2.24) is 19.9 Å². The molecule has 0 bridgehead atoms. The SMILES string of the molecule is c1cncc(-c2cccc(-c3nc(-c4ccc5c(c4)oc4ccccc45)nc(-c4ccc(-c5cccc6c5oc5ccccc56)c5c4oc4ccccc45)n3)c2)c1. The van der Waals surface area contributed by atoms with Gasteiger partial charge < -0.3 is 13.3 Å². The van der Waals surface area contributed by atoms with Crippen LogP contribution in [0.2, 0.25) is 0 Å². The molecular formula is C50H28N4O3. The molecule has 5 heterocycles. The van der Waals surface area contributed by atoms with Gasteiger partial charge in [0.15, 0.2) is 17.5 Å². The molecule has 0 aliphatic carbocycles. The Morgan fingerprint density at radius 3 is 1.74 bits per heavy atom. The highest BCUT2D eigenvalue weighted by Gasteiger charge is 2.23. The molecule has 0 aliphatic heterocycles. The number of furan rings is 3. The third kappa shape index (κ3) is 4.99. The maximum Gasteiger partial charge on any atom is 0.167 e. The number of aromatic nitrogens is 4. The van der Waals surface area contributed by atoms with Crippen LogP contribution in [-0.4, -0.2) is 19.9 Å². The number of rotatable bonds is 5. The fourth-order valence-electron chi connectivity index (χ4n) is 8.18. The molecule has 12 rings (SSSR count). The third-order valence-electron chi connectivity index (χ3n) is 10.8. The molecule has 266 valence electrons. The molecule has 7 nitrogen and oxygen atoms in total. The molecule has 12 aromatic rings. The van der Waals surface area contributed by atoms with E-state index in [0.29, 0.717) is 23.1 Å². The average molecular weight is 733 g/mol. The molecule has 7 aromatic carbocycles. The second-order valence-electron chi connectivity index (χ2n) is 14.2. The highest BCUT2D eigenvalue weighted by Crippen LogP contribution is 2.45. The fraction of sp³-hybridized carbons (Fsp3) is 0. The first-order chi connectivity index (χ1) is 28.2. The Labute approximate surface area is 324 Å². The summed E-state index contributed by atoms with van der Waals surface area (Å²) in [5.74, 6) is 1.54. The lowest BCUT2D eigenvalue weighted by atomic mass is 9.95. The number of hydrogen-bond acceptors (Lipinski definition) is 7. The molecule has 0 saturated carbocycles. The molecule has 5 aromatic heterocycles. The van der Waals surface area contributed by atoms with E-state index in [1.807, 2.05) is 97.2 Å². The van der Waals surface area contributed by atoms with Gasteiger partial charge in [-0.25, -0.2) is 15.0 Å². The summed E-state index contributed by atoms with van der Waals surface area (Å²) in [4.78, 5) is 19.8. The van der Waals surface area contributed by atoms with Gasteiger partial charge in [-0.2, -0.15) is 0 Å². The lowest BCUT2D eigenvalue weighted by Crippen LogP contribution is -2.00. The van der Waals surface area contributed by atoms with E-state index in [-0.39, 0.29) is 0 Å². The number of pyridine rings is 1. The summed E-state index contributed by atoms with van der Waals surface area (Å²) in [6.45, 7) is 0. The van der Waals surface area contributed by atoms with Crippen molar-refractivity contribution >= 4 is 65.8 Å². The van der Waals surface area contributed by atoms with Gasteiger partial charge in [-0.05, 0) is 59.7 Å². The lowest BCUT2D eigenvalue weighted by molar-refractivity contribution is 0.668. The predicted molar refractivity (Wildman–Crippen MR) is 227 cm³/mol. The smallest absolute Gasteiger partial charge is 0.167 e. The van der Waals surface area contributed by atoms with Gasteiger partial charge in [0.25, 0.3) is 0 Å². The molecule has 0 radical (unpaired) electrons. The Kier molecular flexibility index (Phi) is 6.79. The highest BCUT2D eigenvalue weighted by atomic mass is 16.3. The van der Waals surface area contributed by atoms with Gasteiger partial charge in [-0.3, -0.25) is 4.98 Å². The van der Waals surface area contributed by atoms with Gasteiger partial charge >= 0.3 is 0 Å². The summed E-state index contributed by atoms with van der Waals surface area (Å²) >= 11 is 0. The molecular weight excluding hydrogens is 705 g/mol. The number of benzene rings is 7. The molecule has 0 fully saturated rings. The molecule has 0 atom stereocenters. The lowest BCUT2D eigenvalue weighted by Gasteiger charge is -2.11. The van der Waals surface area contributed by atoms with Gasteiger partial charge in [0.1, 0.15) is 33.5 Å². The number of hydrogen-bond donors (Lipinski definition) is 0. The molecule has 0 unspecified atom stereocenters. The molecule has 0 saturated heterocycles. The van der Waals surface area contributed by atoms with E-state index in [1.54, 1.807) is 6.20 Å². The van der Waals surface area contributed by atoms with Crippen LogP contribution in [0, 0.1) is 0 Å². The average Bonchev–Trinajstić information content (AvgIpc) is 3.98. The van der Waals surface area contributed by atoms with Crippen LogP contribution in [0.3, 0.4) is 0 Å². The van der Waals surface area contributed by atoms with E-state index < -0.39 is 0 Å². The first kappa shape index (κ1) is 31.5. The van der Waals surface area contributed by atoms with Crippen molar-refractivity contribution in [3.8, 4) is 56.4 Å². The van der Waals surface area contributed by atoms with Crippen LogP contribution in [0.1, 0.15) is 0 Å². The van der Waals surface area contributed by atoms with E-state index in [0.717, 1.165) is 99.2 Å². The minimum absolute atomic E-state index is 0.490. The minimum Gasteiger partial charge on any atom is -0.456 e. The van der Waals surface area contributed by atoms with Gasteiger partial charge in [-0.15, -0.1) is 0 Å². The zero-order valence-corrected chi connectivity index (χ0v) is 30.2. The van der Waals surface area contributed by atoms with Gasteiger partial charge in [0.2, 0.25) is 0 Å². The zero-order valence-electron chi connectivity index (χ0n) is 30.2. The highest BCUT2D eigenvalue weighted by molar-refractivity contribution is 6.19. The summed E-state index contributed by atoms with van der Waals surface area (Å²) in [6.07, 6.45) is 3.63. The number of fused-ring (bicyclic) bond motifs is 9. The van der Waals surface area contributed by atoms with Crippen molar-refractivity contribution in [3.05, 3.63) is 170 Å². The zero-order chi connectivity index (χ0) is 37.5. The van der Waals surface area contributed by atoms with Crippen LogP contribution in [0.4, 0.5) is 0 Å². The van der Waals surface area contributed by atoms with E-state index in [2.05, 4.69) is 71.7 Å². The Morgan fingerprint density at radius 2 is 0.930 bits per heavy atom. The van der Waals surface area contributed by atoms with Crippen molar-refractivity contribution in [2.75, 3.05) is 0 Å². The van der Waals surface area contributed by atoms with Crippen LogP contribution < -0.4 is 0 Å². The maximum atomic E-state index is 6.78. The van der Waals surface area contributed by atoms with Crippen molar-refractivity contribution < 1.29 is 13.3 Å². The minimum atomic E-state index is 0.490. The first-order valence-electron chi connectivity index (χ1n) is 18.8. The Hall–Kier alpha value is -7.90. The van der Waals surface area contributed by atoms with Crippen LogP contribution in [0.5, 0.6) is 0 Å². The largest absolute Gasteiger partial charge is 0.456 e. The molecule has 0 spiro atoms. The van der Waals surface area contributed by atoms with Gasteiger partial charge in [-0.1, -0.05) is 109 Å². The second kappa shape index (κ2) is 12.3. The predicted octanol–water partition coefficient (Wildman–Crippen LogP) is 13.3. The topological polar surface area (TPSA) is 91.0 Å². The summed E-state index contributed by atoms with van der Waals surface area (Å²) in [7, 11) is 0. The first-order valence-corrected chi connectivity index (χ1v) is 18.8. The molecule has 7 heteroatoms. The van der Waals surface area contributed by atoms with Crippen molar-refractivity contribution in [1.29, 1.82) is 0 Å². The van der Waals surface area contributed by atoms with E-state index in [1.165, 1.54) is 0 Å². The van der Waals surface area contributed by atoms with Crippen molar-refractivity contribution in [2.24, 2.45) is 0 Å². The summed E-state index contributed by atoms with van der Waals surface area (Å²) in [5, 5.41) is 6.20. The normalized spacial score (nSPS) is 11.9. The monoisotopic (exact) mass is 732 g/mol. The number of para-hydroxylation sites is 4. The maximum absolute atomic E-state index is 6.78. The van der Waals surface area contributed by atoms with Gasteiger partial charge in [0.05, 0.1) is 5.56 Å². The Morgan fingerprint density at radius 1 is 0.333 bits per heavy atom. The van der Waals surface area contributed by atoms with Crippen LogP contribution in [-0.2, 0) is 0 Å². The third-order valence-corrected chi connectivity index (χ3v) is 10.8. The summed E-state index contributed by atoms with van der Waals surface area (Å²) in [6, 6.07) is 53.2. The number of nitrogens with zero attached hydrogens (tertiary/aromatic N) is 4. The van der Waals surface area contributed by atoms with Crippen LogP contribution in [0.25, 0.3) is 122 Å². The quantitative estimate of drug-likeness (QED) is 0.174. The van der Waals surface area contributed by atoms with Gasteiger partial charge in [0, 0.05) is 67.0 Å². The summed E-state index contributed by atoms with van der Waals surface area (Å²) in [5.41, 5.74) is 11.1. The molecule has 0 N–H and O–H groups in total. The molecule has 57 heavy (non-hydrogen) atoms. The van der Waals surface area contributed by atoms with Crippen molar-refractivity contribution in [3.63, 3.8) is 0 Å². The van der Waals surface area contributed by atoms with E-state index >= 15 is 0 Å². The standard InChI is InChI=1S/C50H28N4O3/c1-4-18-41-33(13-1)35-22-21-31(27-44(35)55-41)49-52-48(30-11-7-10-29(26-30)32-12-9-25-51-28-32)53-50(54-49)40-24-23-36(45-39-15-3-6-20-43(39)57-47(40)45)38-17-8-16-37-34-14-2-5-19-42(34)56-46(37)38/h1-28H.